The van der Waals surface area contributed by atoms with Crippen molar-refractivity contribution >= 4 is 40.9 Å². The van der Waals surface area contributed by atoms with Crippen molar-refractivity contribution in [1.82, 2.24) is 0 Å². The molecule has 0 aromatic heterocycles. The van der Waals surface area contributed by atoms with Gasteiger partial charge in [-0.3, -0.25) is 9.59 Å². The van der Waals surface area contributed by atoms with Gasteiger partial charge in [-0.25, -0.2) is 4.90 Å². The zero-order chi connectivity index (χ0) is 18.0. The van der Waals surface area contributed by atoms with E-state index in [-0.39, 0.29) is 18.2 Å². The molecule has 0 saturated carbocycles. The van der Waals surface area contributed by atoms with E-state index >= 15 is 0 Å². The van der Waals surface area contributed by atoms with Crippen molar-refractivity contribution in [2.75, 3.05) is 19.1 Å². The Labute approximate surface area is 154 Å². The molecule has 5 nitrogen and oxygen atoms in total. The molecule has 0 N–H and O–H groups in total. The molecule has 1 heterocycles. The number of hydrogen-bond acceptors (Lipinski definition) is 5. The van der Waals surface area contributed by atoms with E-state index in [9.17, 15) is 9.59 Å². The monoisotopic (exact) mass is 377 g/mol. The van der Waals surface area contributed by atoms with Gasteiger partial charge < -0.3 is 9.47 Å². The summed E-state index contributed by atoms with van der Waals surface area (Å²) in [6, 6.07) is 12.2. The van der Waals surface area contributed by atoms with Gasteiger partial charge in [0.05, 0.1) is 25.2 Å². The van der Waals surface area contributed by atoms with Crippen LogP contribution in [-0.2, 0) is 9.59 Å². The third-order valence-electron chi connectivity index (χ3n) is 3.79. The molecule has 0 bridgehead atoms. The summed E-state index contributed by atoms with van der Waals surface area (Å²) >= 11 is 7.24. The molecule has 3 rings (SSSR count). The maximum Gasteiger partial charge on any atom is 0.247 e. The number of halogens is 1. The number of imide groups is 1. The summed E-state index contributed by atoms with van der Waals surface area (Å²) in [5.74, 6) is 0.541. The Kier molecular flexibility index (Phi) is 5.20. The summed E-state index contributed by atoms with van der Waals surface area (Å²) in [5.41, 5.74) is 0.449. The number of rotatable bonds is 5. The van der Waals surface area contributed by atoms with E-state index in [4.69, 9.17) is 21.1 Å². The fourth-order valence-corrected chi connectivity index (χ4v) is 3.75. The number of carbonyl (C=O) groups is 2. The zero-order valence-corrected chi connectivity index (χ0v) is 15.3. The average molecular weight is 378 g/mol. The topological polar surface area (TPSA) is 55.8 Å². The number of methoxy groups -OCH3 is 2. The molecule has 1 fully saturated rings. The van der Waals surface area contributed by atoms with Gasteiger partial charge in [0.15, 0.2) is 0 Å². The largest absolute Gasteiger partial charge is 0.497 e. The van der Waals surface area contributed by atoms with Crippen molar-refractivity contribution < 1.29 is 19.1 Å². The molecule has 0 aliphatic carbocycles. The number of hydrogen-bond donors (Lipinski definition) is 0. The summed E-state index contributed by atoms with van der Waals surface area (Å²) in [7, 11) is 3.04. The lowest BCUT2D eigenvalue weighted by atomic mass is 10.2. The van der Waals surface area contributed by atoms with Crippen molar-refractivity contribution in [2.24, 2.45) is 0 Å². The first-order valence-electron chi connectivity index (χ1n) is 7.54. The molecule has 0 radical (unpaired) electrons. The highest BCUT2D eigenvalue weighted by Gasteiger charge is 2.40. The lowest BCUT2D eigenvalue weighted by Crippen LogP contribution is -2.31. The van der Waals surface area contributed by atoms with Crippen molar-refractivity contribution in [2.45, 2.75) is 16.6 Å². The second-order valence-electron chi connectivity index (χ2n) is 5.40. The summed E-state index contributed by atoms with van der Waals surface area (Å²) in [6.07, 6.45) is 0.144. The van der Waals surface area contributed by atoms with Gasteiger partial charge in [0.1, 0.15) is 11.5 Å². The van der Waals surface area contributed by atoms with Gasteiger partial charge in [-0.05, 0) is 24.3 Å². The van der Waals surface area contributed by atoms with E-state index in [1.54, 1.807) is 30.3 Å². The minimum absolute atomic E-state index is 0.144. The van der Waals surface area contributed by atoms with Gasteiger partial charge >= 0.3 is 0 Å². The third kappa shape index (κ3) is 3.75. The summed E-state index contributed by atoms with van der Waals surface area (Å²) in [5, 5.41) is 0.161. The highest BCUT2D eigenvalue weighted by Crippen LogP contribution is 2.36. The number of anilines is 1. The number of ether oxygens (including phenoxy) is 2. The fraction of sp³-hybridized carbons (Fsp3) is 0.222. The summed E-state index contributed by atoms with van der Waals surface area (Å²) < 4.78 is 10.4. The van der Waals surface area contributed by atoms with Crippen LogP contribution in [0.1, 0.15) is 6.42 Å². The van der Waals surface area contributed by atoms with E-state index in [2.05, 4.69) is 0 Å². The summed E-state index contributed by atoms with van der Waals surface area (Å²) in [6.45, 7) is 0. The molecule has 2 aromatic rings. The Morgan fingerprint density at radius 3 is 2.20 bits per heavy atom. The number of thioether (sulfide) groups is 1. The second kappa shape index (κ2) is 7.37. The Balaban J connectivity index is 1.85. The highest BCUT2D eigenvalue weighted by molar-refractivity contribution is 8.00. The van der Waals surface area contributed by atoms with E-state index in [1.165, 1.54) is 30.9 Å². The van der Waals surface area contributed by atoms with Crippen molar-refractivity contribution in [1.29, 1.82) is 0 Å². The van der Waals surface area contributed by atoms with Crippen LogP contribution in [0, 0.1) is 0 Å². The van der Waals surface area contributed by atoms with Crippen LogP contribution < -0.4 is 14.4 Å². The normalized spacial score (nSPS) is 17.1. The standard InChI is InChI=1S/C18H16ClNO4S/c1-23-13-7-12(8-14(9-13)24-2)20-17(21)10-16(18(20)22)25-15-5-3-11(19)4-6-15/h3-9,16H,10H2,1-2H3/t16-/m0/s1. The van der Waals surface area contributed by atoms with Gasteiger partial charge in [-0.1, -0.05) is 11.6 Å². The zero-order valence-electron chi connectivity index (χ0n) is 13.7. The van der Waals surface area contributed by atoms with Crippen molar-refractivity contribution in [3.8, 4) is 11.5 Å². The molecule has 0 unspecified atom stereocenters. The Morgan fingerprint density at radius 2 is 1.64 bits per heavy atom. The molecule has 0 spiro atoms. The first-order valence-corrected chi connectivity index (χ1v) is 8.79. The molecule has 25 heavy (non-hydrogen) atoms. The Morgan fingerprint density at radius 1 is 1.04 bits per heavy atom. The number of amides is 2. The molecule has 1 saturated heterocycles. The SMILES string of the molecule is COc1cc(OC)cc(N2C(=O)C[C@H](Sc3ccc(Cl)cc3)C2=O)c1. The molecule has 7 heteroatoms. The molecule has 2 amide bonds. The molecular formula is C18H16ClNO4S. The van der Waals surface area contributed by atoms with Crippen LogP contribution in [-0.4, -0.2) is 31.3 Å². The molecule has 1 aliphatic rings. The molecular weight excluding hydrogens is 362 g/mol. The van der Waals surface area contributed by atoms with E-state index in [0.717, 1.165) is 4.90 Å². The minimum Gasteiger partial charge on any atom is -0.497 e. The fourth-order valence-electron chi connectivity index (χ4n) is 2.57. The van der Waals surface area contributed by atoms with Crippen LogP contribution in [0.3, 0.4) is 0 Å². The lowest BCUT2D eigenvalue weighted by molar-refractivity contribution is -0.121. The Hall–Kier alpha value is -2.18. The molecule has 1 aliphatic heterocycles. The van der Waals surface area contributed by atoms with Crippen molar-refractivity contribution in [3.63, 3.8) is 0 Å². The minimum atomic E-state index is -0.467. The van der Waals surface area contributed by atoms with Crippen LogP contribution in [0.15, 0.2) is 47.4 Å². The quantitative estimate of drug-likeness (QED) is 0.742. The predicted octanol–water partition coefficient (Wildman–Crippen LogP) is 3.78. The lowest BCUT2D eigenvalue weighted by Gasteiger charge is -2.17. The van der Waals surface area contributed by atoms with Crippen LogP contribution >= 0.6 is 23.4 Å². The maximum absolute atomic E-state index is 12.8. The van der Waals surface area contributed by atoms with Crippen LogP contribution in [0.25, 0.3) is 0 Å². The molecule has 2 aromatic carbocycles. The number of benzene rings is 2. The second-order valence-corrected chi connectivity index (χ2v) is 7.12. The summed E-state index contributed by atoms with van der Waals surface area (Å²) in [4.78, 5) is 27.3. The predicted molar refractivity (Wildman–Crippen MR) is 97.8 cm³/mol. The van der Waals surface area contributed by atoms with Crippen LogP contribution in [0.5, 0.6) is 11.5 Å². The van der Waals surface area contributed by atoms with Gasteiger partial charge in [-0.2, -0.15) is 0 Å². The molecule has 130 valence electrons. The van der Waals surface area contributed by atoms with Gasteiger partial charge in [0.2, 0.25) is 11.8 Å². The van der Waals surface area contributed by atoms with Gasteiger partial charge in [0, 0.05) is 34.5 Å². The van der Waals surface area contributed by atoms with Crippen LogP contribution in [0.2, 0.25) is 5.02 Å². The average Bonchev–Trinajstić information content (AvgIpc) is 2.90. The first kappa shape index (κ1) is 17.6. The maximum atomic E-state index is 12.8. The molecule has 1 atom stereocenters. The first-order chi connectivity index (χ1) is 12.0. The van der Waals surface area contributed by atoms with E-state index in [1.807, 2.05) is 12.1 Å². The smallest absolute Gasteiger partial charge is 0.247 e. The van der Waals surface area contributed by atoms with Crippen molar-refractivity contribution in [3.05, 3.63) is 47.5 Å². The third-order valence-corrected chi connectivity index (χ3v) is 5.24. The Bertz CT molecular complexity index is 787. The highest BCUT2D eigenvalue weighted by atomic mass is 35.5. The van der Waals surface area contributed by atoms with E-state index < -0.39 is 5.25 Å². The van der Waals surface area contributed by atoms with Gasteiger partial charge in [0.25, 0.3) is 0 Å². The van der Waals surface area contributed by atoms with E-state index in [0.29, 0.717) is 22.2 Å². The van der Waals surface area contributed by atoms with Crippen LogP contribution in [0.4, 0.5) is 5.69 Å². The number of carbonyl (C=O) groups excluding carboxylic acids is 2. The number of nitrogens with zero attached hydrogens (tertiary/aromatic N) is 1. The van der Waals surface area contributed by atoms with Gasteiger partial charge in [-0.15, -0.1) is 11.8 Å².